The predicted molar refractivity (Wildman–Crippen MR) is 84.6 cm³/mol. The summed E-state index contributed by atoms with van der Waals surface area (Å²) in [7, 11) is 0. The molecule has 2 nitrogen and oxygen atoms in total. The molecule has 1 amide bonds. The molecule has 0 aliphatic rings. The molecule has 0 bridgehead atoms. The summed E-state index contributed by atoms with van der Waals surface area (Å²) in [4.78, 5) is 12.9. The summed E-state index contributed by atoms with van der Waals surface area (Å²) < 4.78 is 14.2. The van der Waals surface area contributed by atoms with Crippen molar-refractivity contribution in [3.8, 4) is 0 Å². The van der Waals surface area contributed by atoms with Gasteiger partial charge in [0.25, 0.3) is 0 Å². The highest BCUT2D eigenvalue weighted by molar-refractivity contribution is 9.10. The number of halogens is 2. The predicted octanol–water partition coefficient (Wildman–Crippen LogP) is 4.63. The van der Waals surface area contributed by atoms with Crippen LogP contribution in [-0.2, 0) is 4.79 Å². The van der Waals surface area contributed by atoms with Crippen LogP contribution in [0.5, 0.6) is 0 Å². The maximum atomic E-state index is 13.6. The molecule has 0 unspecified atom stereocenters. The molecule has 0 radical (unpaired) electrons. The van der Waals surface area contributed by atoms with E-state index in [0.29, 0.717) is 4.47 Å². The highest BCUT2D eigenvalue weighted by Gasteiger charge is 2.08. The van der Waals surface area contributed by atoms with E-state index in [4.69, 9.17) is 0 Å². The molecule has 0 spiro atoms. The first-order chi connectivity index (χ1) is 9.56. The van der Waals surface area contributed by atoms with Crippen LogP contribution in [-0.4, -0.2) is 11.7 Å². The average Bonchev–Trinajstić information content (AvgIpc) is 2.41. The van der Waals surface area contributed by atoms with Crippen molar-refractivity contribution >= 4 is 39.3 Å². The minimum Gasteiger partial charge on any atom is -0.323 e. The van der Waals surface area contributed by atoms with Gasteiger partial charge < -0.3 is 5.32 Å². The van der Waals surface area contributed by atoms with E-state index in [1.165, 1.54) is 23.9 Å². The third-order valence-electron chi connectivity index (χ3n) is 2.66. The Morgan fingerprint density at radius 3 is 2.75 bits per heavy atom. The third kappa shape index (κ3) is 4.08. The van der Waals surface area contributed by atoms with Crippen LogP contribution in [0.2, 0.25) is 0 Å². The van der Waals surface area contributed by atoms with E-state index in [9.17, 15) is 9.18 Å². The van der Waals surface area contributed by atoms with Crippen LogP contribution >= 0.6 is 27.7 Å². The Labute approximate surface area is 129 Å². The van der Waals surface area contributed by atoms with Crippen LogP contribution < -0.4 is 5.32 Å². The lowest BCUT2D eigenvalue weighted by Gasteiger charge is -2.08. The fourth-order valence-corrected chi connectivity index (χ4v) is 2.80. The number of rotatable bonds is 4. The molecule has 0 aliphatic heterocycles. The number of hydrogen-bond acceptors (Lipinski definition) is 2. The van der Waals surface area contributed by atoms with Crippen LogP contribution in [0.15, 0.2) is 51.8 Å². The Kier molecular flexibility index (Phi) is 5.20. The van der Waals surface area contributed by atoms with Crippen LogP contribution in [0.25, 0.3) is 0 Å². The fourth-order valence-electron chi connectivity index (χ4n) is 1.64. The van der Waals surface area contributed by atoms with Crippen LogP contribution in [0.4, 0.5) is 10.1 Å². The molecule has 0 aliphatic carbocycles. The second-order valence-corrected chi connectivity index (χ2v) is 6.16. The molecule has 0 atom stereocenters. The normalized spacial score (nSPS) is 10.3. The van der Waals surface area contributed by atoms with Crippen molar-refractivity contribution in [3.63, 3.8) is 0 Å². The minimum atomic E-state index is -0.450. The Bertz CT molecular complexity index is 633. The van der Waals surface area contributed by atoms with E-state index in [1.54, 1.807) is 6.07 Å². The van der Waals surface area contributed by atoms with Gasteiger partial charge in [-0.1, -0.05) is 34.1 Å². The van der Waals surface area contributed by atoms with Crippen molar-refractivity contribution in [2.75, 3.05) is 11.1 Å². The van der Waals surface area contributed by atoms with E-state index < -0.39 is 5.82 Å². The summed E-state index contributed by atoms with van der Waals surface area (Å²) in [5.74, 6) is -0.423. The van der Waals surface area contributed by atoms with Gasteiger partial charge in [0.15, 0.2) is 0 Å². The van der Waals surface area contributed by atoms with Gasteiger partial charge in [-0.25, -0.2) is 4.39 Å². The van der Waals surface area contributed by atoms with Crippen LogP contribution in [0.1, 0.15) is 5.56 Å². The Morgan fingerprint density at radius 2 is 2.05 bits per heavy atom. The molecular weight excluding hydrogens is 341 g/mol. The van der Waals surface area contributed by atoms with E-state index in [2.05, 4.69) is 21.2 Å². The molecule has 0 aromatic heterocycles. The fraction of sp³-hybridized carbons (Fsp3) is 0.133. The summed E-state index contributed by atoms with van der Waals surface area (Å²) in [6.45, 7) is 1.99. The van der Waals surface area contributed by atoms with E-state index in [1.807, 2.05) is 31.2 Å². The van der Waals surface area contributed by atoms with Gasteiger partial charge >= 0.3 is 0 Å². The number of hydrogen-bond donors (Lipinski definition) is 1. The van der Waals surface area contributed by atoms with Gasteiger partial charge in [0, 0.05) is 9.37 Å². The van der Waals surface area contributed by atoms with Crippen molar-refractivity contribution in [2.24, 2.45) is 0 Å². The topological polar surface area (TPSA) is 29.1 Å². The molecule has 0 fully saturated rings. The summed E-state index contributed by atoms with van der Waals surface area (Å²) >= 11 is 4.61. The number of carbonyl (C=O) groups is 1. The molecule has 0 heterocycles. The second kappa shape index (κ2) is 6.90. The summed E-state index contributed by atoms with van der Waals surface area (Å²) in [5.41, 5.74) is 1.32. The van der Waals surface area contributed by atoms with Crippen molar-refractivity contribution in [2.45, 2.75) is 11.8 Å². The standard InChI is InChI=1S/C15H13BrFNOS/c1-10-4-2-3-5-14(10)20-9-15(19)18-13-7-6-11(16)8-12(13)17/h2-8H,9H2,1H3,(H,18,19). The van der Waals surface area contributed by atoms with Gasteiger partial charge in [0.2, 0.25) is 5.91 Å². The van der Waals surface area contributed by atoms with E-state index in [0.717, 1.165) is 10.5 Å². The molecule has 0 saturated carbocycles. The Balaban J connectivity index is 1.94. The first kappa shape index (κ1) is 15.1. The lowest BCUT2D eigenvalue weighted by molar-refractivity contribution is -0.113. The zero-order valence-electron chi connectivity index (χ0n) is 10.8. The lowest BCUT2D eigenvalue weighted by Crippen LogP contribution is -2.15. The summed E-state index contributed by atoms with van der Waals surface area (Å²) in [6, 6.07) is 12.4. The average molecular weight is 354 g/mol. The monoisotopic (exact) mass is 353 g/mol. The first-order valence-electron chi connectivity index (χ1n) is 5.99. The highest BCUT2D eigenvalue weighted by Crippen LogP contribution is 2.23. The number of aryl methyl sites for hydroxylation is 1. The first-order valence-corrected chi connectivity index (χ1v) is 7.77. The van der Waals surface area contributed by atoms with Gasteiger partial charge in [0.1, 0.15) is 5.82 Å². The zero-order chi connectivity index (χ0) is 14.5. The van der Waals surface area contributed by atoms with Gasteiger partial charge in [-0.15, -0.1) is 11.8 Å². The van der Waals surface area contributed by atoms with Gasteiger partial charge in [0.05, 0.1) is 11.4 Å². The molecule has 2 aromatic carbocycles. The molecule has 2 rings (SSSR count). The van der Waals surface area contributed by atoms with E-state index >= 15 is 0 Å². The smallest absolute Gasteiger partial charge is 0.234 e. The summed E-state index contributed by atoms with van der Waals surface area (Å²) in [6.07, 6.45) is 0. The lowest BCUT2D eigenvalue weighted by atomic mass is 10.2. The number of carbonyl (C=O) groups excluding carboxylic acids is 1. The van der Waals surface area contributed by atoms with Gasteiger partial charge in [-0.3, -0.25) is 4.79 Å². The molecule has 5 heteroatoms. The van der Waals surface area contributed by atoms with Crippen molar-refractivity contribution < 1.29 is 9.18 Å². The van der Waals surface area contributed by atoms with Crippen LogP contribution in [0.3, 0.4) is 0 Å². The maximum absolute atomic E-state index is 13.6. The number of thioether (sulfide) groups is 1. The van der Waals surface area contributed by atoms with Crippen LogP contribution in [0, 0.1) is 12.7 Å². The number of anilines is 1. The van der Waals surface area contributed by atoms with Gasteiger partial charge in [-0.05, 0) is 36.8 Å². The largest absolute Gasteiger partial charge is 0.323 e. The number of nitrogens with one attached hydrogen (secondary N) is 1. The Morgan fingerprint density at radius 1 is 1.30 bits per heavy atom. The quantitative estimate of drug-likeness (QED) is 0.812. The van der Waals surface area contributed by atoms with Gasteiger partial charge in [-0.2, -0.15) is 0 Å². The van der Waals surface area contributed by atoms with E-state index in [-0.39, 0.29) is 17.3 Å². The Hall–Kier alpha value is -1.33. The molecule has 2 aromatic rings. The third-order valence-corrected chi connectivity index (χ3v) is 4.33. The van der Waals surface area contributed by atoms with Crippen molar-refractivity contribution in [1.29, 1.82) is 0 Å². The molecule has 104 valence electrons. The second-order valence-electron chi connectivity index (χ2n) is 4.23. The molecular formula is C15H13BrFNOS. The zero-order valence-corrected chi connectivity index (χ0v) is 13.2. The summed E-state index contributed by atoms with van der Waals surface area (Å²) in [5, 5.41) is 2.57. The molecule has 0 saturated heterocycles. The minimum absolute atomic E-state index is 0.198. The maximum Gasteiger partial charge on any atom is 0.234 e. The van der Waals surface area contributed by atoms with Crippen molar-refractivity contribution in [1.82, 2.24) is 0 Å². The molecule has 1 N–H and O–H groups in total. The highest BCUT2D eigenvalue weighted by atomic mass is 79.9. The SMILES string of the molecule is Cc1ccccc1SCC(=O)Nc1ccc(Br)cc1F. The number of benzene rings is 2. The number of amides is 1. The molecule has 20 heavy (non-hydrogen) atoms. The van der Waals surface area contributed by atoms with Crippen molar-refractivity contribution in [3.05, 3.63) is 58.3 Å².